The Morgan fingerprint density at radius 3 is 1.96 bits per heavy atom. The van der Waals surface area contributed by atoms with E-state index in [1.807, 2.05) is 22.6 Å². The van der Waals surface area contributed by atoms with Crippen LogP contribution in [0.15, 0.2) is 64.0 Å². The quantitative estimate of drug-likeness (QED) is 0.127. The van der Waals surface area contributed by atoms with Gasteiger partial charge in [-0.2, -0.15) is 0 Å². The highest BCUT2D eigenvalue weighted by Crippen LogP contribution is 2.41. The van der Waals surface area contributed by atoms with E-state index in [1.54, 1.807) is 44.3 Å². The minimum absolute atomic E-state index is 0. The third-order valence-corrected chi connectivity index (χ3v) is 8.11. The van der Waals surface area contributed by atoms with E-state index in [9.17, 15) is 18.4 Å². The van der Waals surface area contributed by atoms with Gasteiger partial charge in [-0.3, -0.25) is 0 Å². The summed E-state index contributed by atoms with van der Waals surface area (Å²) in [5, 5.41) is 2.00. The molecule has 5 aromatic heterocycles. The van der Waals surface area contributed by atoms with Gasteiger partial charge < -0.3 is 33.0 Å². The maximum Gasteiger partial charge on any atom is 0.355 e. The van der Waals surface area contributed by atoms with Gasteiger partial charge in [-0.05, 0) is 72.8 Å². The van der Waals surface area contributed by atoms with Gasteiger partial charge in [0.05, 0.1) is 69.0 Å². The fraction of sp³-hybridized carbons (Fsp3) is 0.206. The van der Waals surface area contributed by atoms with Crippen molar-refractivity contribution in [1.29, 1.82) is 0 Å². The second-order valence-electron chi connectivity index (χ2n) is 9.58. The summed E-state index contributed by atoms with van der Waals surface area (Å²) in [6, 6.07) is 9.31. The van der Waals surface area contributed by atoms with Gasteiger partial charge in [0.15, 0.2) is 0 Å². The summed E-state index contributed by atoms with van der Waals surface area (Å²) in [6.45, 7) is 3.95. The molecular weight excluding hydrogens is 727 g/mol. The van der Waals surface area contributed by atoms with Crippen LogP contribution in [-0.2, 0) is 9.47 Å². The van der Waals surface area contributed by atoms with Crippen LogP contribution < -0.4 is 4.74 Å². The van der Waals surface area contributed by atoms with Gasteiger partial charge in [-0.1, -0.05) is 14.9 Å². The predicted molar refractivity (Wildman–Crippen MR) is 184 cm³/mol. The standard InChI is InChI=1S/C19H15FN2O4.C13H9FINO3.2CH4/c1-3-25-19(23)16-14(11-5-4-7-21-18(11)24-2)15-13(22-16)9-12(20)10-6-8-26-17(10)15;1-2-18-13(17)11-10(15)9-8(16-11)5-7(14)6-3-4-19-12(6)9;;/h4-9,22H,3H2,1-2H3;3-5,16H,2H2,1H3;2*1H4. The summed E-state index contributed by atoms with van der Waals surface area (Å²) < 4.78 is 55.2. The van der Waals surface area contributed by atoms with Crippen molar-refractivity contribution in [3.63, 3.8) is 0 Å². The number of halogens is 3. The lowest BCUT2D eigenvalue weighted by molar-refractivity contribution is 0.0511. The van der Waals surface area contributed by atoms with E-state index in [0.717, 1.165) is 0 Å². The molecule has 0 amide bonds. The molecule has 0 aliphatic carbocycles. The van der Waals surface area contributed by atoms with E-state index in [1.165, 1.54) is 31.8 Å². The van der Waals surface area contributed by atoms with Crippen molar-refractivity contribution >= 4 is 78.3 Å². The van der Waals surface area contributed by atoms with Crippen molar-refractivity contribution in [2.45, 2.75) is 28.7 Å². The molecular formula is C34H32F2IN3O7. The number of fused-ring (bicyclic) bond motifs is 6. The number of esters is 2. The fourth-order valence-electron chi connectivity index (χ4n) is 5.19. The predicted octanol–water partition coefficient (Wildman–Crippen LogP) is 9.41. The van der Waals surface area contributed by atoms with E-state index < -0.39 is 17.8 Å². The summed E-state index contributed by atoms with van der Waals surface area (Å²) in [4.78, 5) is 34.4. The summed E-state index contributed by atoms with van der Waals surface area (Å²) in [5.41, 5.74) is 3.31. The molecule has 7 rings (SSSR count). The highest BCUT2D eigenvalue weighted by atomic mass is 127. The molecule has 246 valence electrons. The van der Waals surface area contributed by atoms with E-state index in [4.69, 9.17) is 23.0 Å². The third-order valence-electron chi connectivity index (χ3n) is 7.03. The van der Waals surface area contributed by atoms with Crippen LogP contribution in [0.1, 0.15) is 49.7 Å². The molecule has 0 bridgehead atoms. The summed E-state index contributed by atoms with van der Waals surface area (Å²) in [5.74, 6) is -1.50. The molecule has 2 aromatic carbocycles. The number of H-pyrrole nitrogens is 2. The molecule has 47 heavy (non-hydrogen) atoms. The number of nitrogens with zero attached hydrogens (tertiary/aromatic N) is 1. The second-order valence-corrected chi connectivity index (χ2v) is 10.7. The first-order valence-electron chi connectivity index (χ1n) is 13.7. The van der Waals surface area contributed by atoms with Crippen LogP contribution in [0.5, 0.6) is 5.88 Å². The van der Waals surface area contributed by atoms with E-state index in [2.05, 4.69) is 15.0 Å². The number of aromatic nitrogens is 3. The molecule has 0 saturated carbocycles. The van der Waals surface area contributed by atoms with Crippen molar-refractivity contribution in [3.8, 4) is 17.0 Å². The lowest BCUT2D eigenvalue weighted by Gasteiger charge is -2.09. The van der Waals surface area contributed by atoms with Gasteiger partial charge in [-0.15, -0.1) is 0 Å². The van der Waals surface area contributed by atoms with Crippen molar-refractivity contribution in [2.75, 3.05) is 20.3 Å². The number of hydrogen-bond donors (Lipinski definition) is 2. The van der Waals surface area contributed by atoms with Crippen LogP contribution in [0.2, 0.25) is 0 Å². The third kappa shape index (κ3) is 6.02. The zero-order valence-electron chi connectivity index (χ0n) is 24.0. The Balaban J connectivity index is 0.000000213. The Morgan fingerprint density at radius 1 is 0.851 bits per heavy atom. The van der Waals surface area contributed by atoms with E-state index >= 15 is 0 Å². The highest BCUT2D eigenvalue weighted by molar-refractivity contribution is 14.1. The SMILES string of the molecule is C.C.CCOC(=O)c1[nH]c2cc(F)c3ccoc3c2c1-c1cccnc1OC.CCOC(=O)c1[nH]c2cc(F)c3ccoc3c2c1I. The molecule has 0 aliphatic rings. The largest absolute Gasteiger partial charge is 0.481 e. The lowest BCUT2D eigenvalue weighted by Crippen LogP contribution is -2.07. The maximum atomic E-state index is 14.4. The minimum atomic E-state index is -0.551. The van der Waals surface area contributed by atoms with Crippen LogP contribution in [0.25, 0.3) is 54.9 Å². The van der Waals surface area contributed by atoms with Gasteiger partial charge >= 0.3 is 11.9 Å². The number of furan rings is 2. The van der Waals surface area contributed by atoms with Crippen LogP contribution in [0.3, 0.4) is 0 Å². The molecule has 0 spiro atoms. The van der Waals surface area contributed by atoms with Gasteiger partial charge in [0.2, 0.25) is 5.88 Å². The fourth-order valence-corrected chi connectivity index (χ4v) is 6.08. The number of carbonyl (C=O) groups is 2. The molecule has 10 nitrogen and oxygen atoms in total. The highest BCUT2D eigenvalue weighted by Gasteiger charge is 2.27. The molecule has 0 unspecified atom stereocenters. The van der Waals surface area contributed by atoms with Crippen LogP contribution >= 0.6 is 22.6 Å². The lowest BCUT2D eigenvalue weighted by atomic mass is 10.0. The molecule has 0 saturated heterocycles. The van der Waals surface area contributed by atoms with Crippen molar-refractivity contribution < 1.29 is 41.4 Å². The first kappa shape index (κ1) is 34.9. The Kier molecular flexibility index (Phi) is 10.6. The molecule has 13 heteroatoms. The van der Waals surface area contributed by atoms with Gasteiger partial charge in [0.25, 0.3) is 0 Å². The molecule has 5 heterocycles. The van der Waals surface area contributed by atoms with Crippen molar-refractivity contribution in [2.24, 2.45) is 0 Å². The number of rotatable bonds is 6. The summed E-state index contributed by atoms with van der Waals surface area (Å²) >= 11 is 2.03. The molecule has 0 atom stereocenters. The van der Waals surface area contributed by atoms with Crippen LogP contribution in [0, 0.1) is 15.2 Å². The zero-order valence-corrected chi connectivity index (χ0v) is 26.2. The Morgan fingerprint density at radius 2 is 1.38 bits per heavy atom. The number of hydrogen-bond acceptors (Lipinski definition) is 8. The molecule has 0 fully saturated rings. The van der Waals surface area contributed by atoms with Gasteiger partial charge in [0.1, 0.15) is 34.2 Å². The topological polar surface area (TPSA) is 133 Å². The van der Waals surface area contributed by atoms with E-state index in [0.29, 0.717) is 70.0 Å². The van der Waals surface area contributed by atoms with Crippen LogP contribution in [0.4, 0.5) is 8.78 Å². The number of ether oxygens (including phenoxy) is 3. The Hall–Kier alpha value is -4.92. The van der Waals surface area contributed by atoms with Gasteiger partial charge in [0, 0.05) is 17.3 Å². The zero-order chi connectivity index (χ0) is 31.8. The van der Waals surface area contributed by atoms with Gasteiger partial charge in [-0.25, -0.2) is 23.4 Å². The number of aromatic amines is 2. The van der Waals surface area contributed by atoms with Crippen molar-refractivity contribution in [3.05, 3.63) is 81.7 Å². The first-order chi connectivity index (χ1) is 21.8. The minimum Gasteiger partial charge on any atom is -0.481 e. The smallest absolute Gasteiger partial charge is 0.355 e. The number of benzene rings is 2. The molecule has 7 aromatic rings. The van der Waals surface area contributed by atoms with Crippen LogP contribution in [-0.4, -0.2) is 47.2 Å². The molecule has 2 N–H and O–H groups in total. The summed E-state index contributed by atoms with van der Waals surface area (Å²) in [6.07, 6.45) is 4.43. The number of pyridine rings is 1. The average Bonchev–Trinajstić information content (AvgIpc) is 3.83. The summed E-state index contributed by atoms with van der Waals surface area (Å²) in [7, 11) is 1.49. The number of carbonyl (C=O) groups excluding carboxylic acids is 2. The normalized spacial score (nSPS) is 10.8. The van der Waals surface area contributed by atoms with E-state index in [-0.39, 0.29) is 39.6 Å². The second kappa shape index (κ2) is 14.2. The monoisotopic (exact) mass is 759 g/mol. The Labute approximate surface area is 281 Å². The average molecular weight is 760 g/mol. The molecule has 0 aliphatic heterocycles. The number of nitrogens with one attached hydrogen (secondary N) is 2. The van der Waals surface area contributed by atoms with Crippen molar-refractivity contribution in [1.82, 2.24) is 15.0 Å². The molecule has 0 radical (unpaired) electrons. The first-order valence-corrected chi connectivity index (χ1v) is 14.8. The Bertz CT molecular complexity index is 2230. The number of methoxy groups -OCH3 is 1. The maximum absolute atomic E-state index is 14.4.